The van der Waals surface area contributed by atoms with Gasteiger partial charge in [0.25, 0.3) is 0 Å². The molecule has 0 aliphatic heterocycles. The van der Waals surface area contributed by atoms with Crippen molar-refractivity contribution < 1.29 is 0 Å². The van der Waals surface area contributed by atoms with Gasteiger partial charge in [-0.1, -0.05) is 31.4 Å². The summed E-state index contributed by atoms with van der Waals surface area (Å²) in [7, 11) is 0. The zero-order chi connectivity index (χ0) is 13.8. The van der Waals surface area contributed by atoms with Crippen LogP contribution in [0.2, 0.25) is 0 Å². The zero-order valence-corrected chi connectivity index (χ0v) is 12.6. The lowest BCUT2D eigenvalue weighted by atomic mass is 9.95. The monoisotopic (exact) mass is 270 g/mol. The first kappa shape index (κ1) is 13.7. The number of rotatable bonds is 5. The Hall–Kier alpha value is -1.28. The molecule has 1 aliphatic rings. The number of nitrogens with zero attached hydrogens (tertiary/aromatic N) is 1. The Labute approximate surface area is 122 Å². The lowest BCUT2D eigenvalue weighted by Gasteiger charge is -2.22. The van der Waals surface area contributed by atoms with E-state index < -0.39 is 0 Å². The molecule has 1 saturated carbocycles. The number of hydrogen-bond donors (Lipinski definition) is 1. The molecule has 1 aromatic carbocycles. The van der Waals surface area contributed by atoms with E-state index in [0.29, 0.717) is 0 Å². The van der Waals surface area contributed by atoms with Crippen molar-refractivity contribution in [2.45, 2.75) is 58.0 Å². The second-order valence-corrected chi connectivity index (χ2v) is 6.16. The smallest absolute Gasteiger partial charge is 0.0482 e. The van der Waals surface area contributed by atoms with Crippen molar-refractivity contribution in [2.24, 2.45) is 0 Å². The van der Waals surface area contributed by atoms with Crippen LogP contribution in [-0.4, -0.2) is 17.2 Å². The lowest BCUT2D eigenvalue weighted by Crippen LogP contribution is -2.32. The first-order chi connectivity index (χ1) is 9.84. The maximum absolute atomic E-state index is 3.73. The van der Waals surface area contributed by atoms with Crippen LogP contribution < -0.4 is 5.32 Å². The van der Waals surface area contributed by atoms with E-state index in [1.807, 2.05) is 0 Å². The van der Waals surface area contributed by atoms with Gasteiger partial charge in [0.05, 0.1) is 0 Å². The molecule has 1 heterocycles. The molecule has 0 amide bonds. The van der Waals surface area contributed by atoms with Crippen LogP contribution in [0.25, 0.3) is 10.9 Å². The van der Waals surface area contributed by atoms with Crippen LogP contribution >= 0.6 is 0 Å². The van der Waals surface area contributed by atoms with E-state index in [9.17, 15) is 0 Å². The van der Waals surface area contributed by atoms with Gasteiger partial charge in [-0.3, -0.25) is 0 Å². The van der Waals surface area contributed by atoms with E-state index in [2.05, 4.69) is 47.3 Å². The van der Waals surface area contributed by atoms with Gasteiger partial charge >= 0.3 is 0 Å². The van der Waals surface area contributed by atoms with E-state index in [0.717, 1.165) is 19.1 Å². The molecule has 2 heteroatoms. The Bertz CT molecular complexity index is 550. The Balaban J connectivity index is 1.51. The summed E-state index contributed by atoms with van der Waals surface area (Å²) in [5.74, 6) is 0. The molecule has 1 aliphatic carbocycles. The van der Waals surface area contributed by atoms with Crippen molar-refractivity contribution in [1.82, 2.24) is 9.88 Å². The van der Waals surface area contributed by atoms with Crippen molar-refractivity contribution in [3.8, 4) is 0 Å². The van der Waals surface area contributed by atoms with Crippen LogP contribution in [0.5, 0.6) is 0 Å². The zero-order valence-electron chi connectivity index (χ0n) is 12.6. The van der Waals surface area contributed by atoms with E-state index >= 15 is 0 Å². The molecule has 1 fully saturated rings. The third-order valence-electron chi connectivity index (χ3n) is 4.65. The van der Waals surface area contributed by atoms with E-state index in [-0.39, 0.29) is 0 Å². The van der Waals surface area contributed by atoms with Gasteiger partial charge in [-0.05, 0) is 50.4 Å². The third kappa shape index (κ3) is 3.06. The van der Waals surface area contributed by atoms with Crippen molar-refractivity contribution in [3.63, 3.8) is 0 Å². The van der Waals surface area contributed by atoms with E-state index in [4.69, 9.17) is 0 Å². The van der Waals surface area contributed by atoms with Gasteiger partial charge in [-0.15, -0.1) is 0 Å². The maximum atomic E-state index is 3.73. The molecular weight excluding hydrogens is 244 g/mol. The molecule has 2 aromatic rings. The Morgan fingerprint density at radius 2 is 2.00 bits per heavy atom. The predicted octanol–water partition coefficient (Wildman–Crippen LogP) is 4.26. The van der Waals surface area contributed by atoms with Crippen LogP contribution in [0.3, 0.4) is 0 Å². The van der Waals surface area contributed by atoms with Gasteiger partial charge < -0.3 is 9.88 Å². The summed E-state index contributed by atoms with van der Waals surface area (Å²) in [6, 6.07) is 9.62. The minimum Gasteiger partial charge on any atom is -0.347 e. The summed E-state index contributed by atoms with van der Waals surface area (Å²) in [6.07, 6.45) is 10.5. The molecule has 1 N–H and O–H groups in total. The number of aromatic nitrogens is 1. The van der Waals surface area contributed by atoms with Gasteiger partial charge in [0.1, 0.15) is 0 Å². The summed E-state index contributed by atoms with van der Waals surface area (Å²) >= 11 is 0. The van der Waals surface area contributed by atoms with Gasteiger partial charge in [-0.2, -0.15) is 0 Å². The van der Waals surface area contributed by atoms with Crippen molar-refractivity contribution in [1.29, 1.82) is 0 Å². The summed E-state index contributed by atoms with van der Waals surface area (Å²) in [6.45, 7) is 4.46. The molecule has 2 nitrogen and oxygen atoms in total. The fourth-order valence-corrected chi connectivity index (χ4v) is 3.43. The predicted molar refractivity (Wildman–Crippen MR) is 86.2 cm³/mol. The van der Waals surface area contributed by atoms with Gasteiger partial charge in [0.2, 0.25) is 0 Å². The number of hydrogen-bond acceptors (Lipinski definition) is 1. The highest BCUT2D eigenvalue weighted by Gasteiger charge is 2.11. The van der Waals surface area contributed by atoms with Crippen molar-refractivity contribution in [3.05, 3.63) is 36.0 Å². The Morgan fingerprint density at radius 1 is 1.15 bits per heavy atom. The van der Waals surface area contributed by atoms with Gasteiger partial charge in [-0.25, -0.2) is 0 Å². The summed E-state index contributed by atoms with van der Waals surface area (Å²) in [5, 5.41) is 5.13. The number of nitrogens with one attached hydrogen (secondary N) is 1. The van der Waals surface area contributed by atoms with Crippen LogP contribution in [0, 0.1) is 6.92 Å². The average Bonchev–Trinajstić information content (AvgIpc) is 2.90. The molecule has 20 heavy (non-hydrogen) atoms. The summed E-state index contributed by atoms with van der Waals surface area (Å²) < 4.78 is 2.39. The Kier molecular flexibility index (Phi) is 4.41. The average molecular weight is 270 g/mol. The molecule has 0 unspecified atom stereocenters. The first-order valence-corrected chi connectivity index (χ1v) is 8.12. The van der Waals surface area contributed by atoms with Crippen molar-refractivity contribution >= 4 is 10.9 Å². The fourth-order valence-electron chi connectivity index (χ4n) is 3.43. The third-order valence-corrected chi connectivity index (χ3v) is 4.65. The Morgan fingerprint density at radius 3 is 2.85 bits per heavy atom. The molecule has 0 spiro atoms. The van der Waals surface area contributed by atoms with Gasteiger partial charge in [0.15, 0.2) is 0 Å². The number of fused-ring (bicyclic) bond motifs is 1. The molecule has 0 bridgehead atoms. The molecule has 0 atom stereocenters. The lowest BCUT2D eigenvalue weighted by molar-refractivity contribution is 0.369. The van der Waals surface area contributed by atoms with Gasteiger partial charge in [0, 0.05) is 29.7 Å². The first-order valence-electron chi connectivity index (χ1n) is 8.12. The second kappa shape index (κ2) is 6.45. The fraction of sp³-hybridized carbons (Fsp3) is 0.556. The van der Waals surface area contributed by atoms with Crippen LogP contribution in [0.1, 0.15) is 44.1 Å². The minimum absolute atomic E-state index is 0.785. The van der Waals surface area contributed by atoms with Crippen LogP contribution in [0.15, 0.2) is 30.5 Å². The molecule has 1 aromatic heterocycles. The molecule has 108 valence electrons. The summed E-state index contributed by atoms with van der Waals surface area (Å²) in [5.41, 5.74) is 2.75. The maximum Gasteiger partial charge on any atom is 0.0482 e. The van der Waals surface area contributed by atoms with Crippen molar-refractivity contribution in [2.75, 3.05) is 6.54 Å². The quantitative estimate of drug-likeness (QED) is 0.803. The minimum atomic E-state index is 0.785. The summed E-state index contributed by atoms with van der Waals surface area (Å²) in [4.78, 5) is 0. The standard InChI is InChI=1S/C18H26N2/c1-15-7-5-10-18-17(15)11-14-20(18)13-6-12-19-16-8-3-2-4-9-16/h5,7,10-11,14,16,19H,2-4,6,8-9,12-13H2,1H3. The SMILES string of the molecule is Cc1cccc2c1ccn2CCCNC1CCCCC1. The molecule has 3 rings (SSSR count). The molecule has 0 radical (unpaired) electrons. The number of aryl methyl sites for hydroxylation is 2. The van der Waals surface area contributed by atoms with Crippen LogP contribution in [0.4, 0.5) is 0 Å². The number of benzene rings is 1. The highest BCUT2D eigenvalue weighted by molar-refractivity contribution is 5.83. The normalized spacial score (nSPS) is 16.9. The van der Waals surface area contributed by atoms with E-state index in [1.54, 1.807) is 0 Å². The molecular formula is C18H26N2. The molecule has 0 saturated heterocycles. The highest BCUT2D eigenvalue weighted by Crippen LogP contribution is 2.20. The largest absolute Gasteiger partial charge is 0.347 e. The topological polar surface area (TPSA) is 17.0 Å². The highest BCUT2D eigenvalue weighted by atomic mass is 15.0. The van der Waals surface area contributed by atoms with E-state index in [1.165, 1.54) is 55.0 Å². The second-order valence-electron chi connectivity index (χ2n) is 6.16. The van der Waals surface area contributed by atoms with Crippen LogP contribution in [-0.2, 0) is 6.54 Å².